The predicted octanol–water partition coefficient (Wildman–Crippen LogP) is 11.8. The van der Waals surface area contributed by atoms with E-state index in [0.717, 1.165) is 66.5 Å². The number of rotatable bonds is 5. The molecule has 10 aromatic rings. The van der Waals surface area contributed by atoms with E-state index in [9.17, 15) is 0 Å². The van der Waals surface area contributed by atoms with Gasteiger partial charge in [0.1, 0.15) is 11.2 Å². The molecule has 0 spiro atoms. The van der Waals surface area contributed by atoms with Crippen molar-refractivity contribution in [2.24, 2.45) is 0 Å². The van der Waals surface area contributed by atoms with Crippen LogP contribution >= 0.6 is 0 Å². The van der Waals surface area contributed by atoms with Crippen LogP contribution in [0.2, 0.25) is 0 Å². The molecule has 0 aliphatic rings. The maximum Gasteiger partial charge on any atom is 0.164 e. The van der Waals surface area contributed by atoms with Gasteiger partial charge < -0.3 is 8.98 Å². The summed E-state index contributed by atoms with van der Waals surface area (Å²) in [6.07, 6.45) is 0. The van der Waals surface area contributed by atoms with Crippen LogP contribution in [0, 0.1) is 6.92 Å². The van der Waals surface area contributed by atoms with Gasteiger partial charge in [0.2, 0.25) is 0 Å². The third kappa shape index (κ3) is 4.90. The van der Waals surface area contributed by atoms with E-state index in [1.54, 1.807) is 0 Å². The van der Waals surface area contributed by atoms with Gasteiger partial charge in [0, 0.05) is 49.9 Å². The zero-order valence-corrected chi connectivity index (χ0v) is 27.8. The molecule has 0 saturated heterocycles. The van der Waals surface area contributed by atoms with Crippen molar-refractivity contribution in [3.8, 4) is 51.0 Å². The Morgan fingerprint density at radius 1 is 0.412 bits per heavy atom. The topological polar surface area (TPSA) is 56.7 Å². The number of aromatic nitrogens is 4. The molecule has 0 radical (unpaired) electrons. The molecule has 240 valence electrons. The second-order valence-corrected chi connectivity index (χ2v) is 13.0. The molecule has 0 amide bonds. The van der Waals surface area contributed by atoms with E-state index in [-0.39, 0.29) is 0 Å². The van der Waals surface area contributed by atoms with Crippen molar-refractivity contribution < 1.29 is 4.42 Å². The Labute approximate surface area is 294 Å². The maximum absolute atomic E-state index is 6.41. The van der Waals surface area contributed by atoms with Gasteiger partial charge in [0.15, 0.2) is 17.5 Å². The summed E-state index contributed by atoms with van der Waals surface area (Å²) in [6.45, 7) is 2.13. The fourth-order valence-electron chi connectivity index (χ4n) is 7.30. The number of hydrogen-bond acceptors (Lipinski definition) is 4. The molecule has 0 fully saturated rings. The summed E-state index contributed by atoms with van der Waals surface area (Å²) < 4.78 is 8.79. The van der Waals surface area contributed by atoms with Crippen LogP contribution in [0.1, 0.15) is 5.56 Å². The number of nitrogens with zero attached hydrogens (tertiary/aromatic N) is 4. The van der Waals surface area contributed by atoms with E-state index in [4.69, 9.17) is 19.4 Å². The number of furan rings is 1. The first-order valence-corrected chi connectivity index (χ1v) is 17.1. The van der Waals surface area contributed by atoms with Gasteiger partial charge in [-0.3, -0.25) is 0 Å². The van der Waals surface area contributed by atoms with Crippen LogP contribution in [0.3, 0.4) is 0 Å². The van der Waals surface area contributed by atoms with E-state index < -0.39 is 0 Å². The van der Waals surface area contributed by atoms with Gasteiger partial charge in [0.25, 0.3) is 0 Å². The summed E-state index contributed by atoms with van der Waals surface area (Å²) in [7, 11) is 0. The first-order chi connectivity index (χ1) is 25.2. The van der Waals surface area contributed by atoms with E-state index >= 15 is 0 Å². The van der Waals surface area contributed by atoms with Crippen molar-refractivity contribution >= 4 is 43.7 Å². The largest absolute Gasteiger partial charge is 0.456 e. The summed E-state index contributed by atoms with van der Waals surface area (Å²) >= 11 is 0. The zero-order chi connectivity index (χ0) is 33.9. The average Bonchev–Trinajstić information content (AvgIpc) is 3.72. The van der Waals surface area contributed by atoms with Crippen LogP contribution in [0.5, 0.6) is 0 Å². The third-order valence-corrected chi connectivity index (χ3v) is 9.70. The number of benzene rings is 7. The van der Waals surface area contributed by atoms with Crippen LogP contribution in [-0.2, 0) is 0 Å². The smallest absolute Gasteiger partial charge is 0.164 e. The molecule has 0 atom stereocenters. The zero-order valence-electron chi connectivity index (χ0n) is 27.8. The molecule has 3 heterocycles. The standard InChI is InChI=1S/C46H30N4O/c1-29-13-12-18-32(25-29)36-26-33(46-48-44(30-14-4-2-5-15-30)47-45(49-46)31-16-6-3-7-17-31)23-24-40(36)50-39-21-10-8-19-34(39)37-27-38-35-20-9-11-22-42(35)51-43(38)28-41(37)50/h2-28H,1H3. The van der Waals surface area contributed by atoms with Crippen molar-refractivity contribution in [3.05, 3.63) is 169 Å². The maximum atomic E-state index is 6.41. The van der Waals surface area contributed by atoms with Crippen LogP contribution < -0.4 is 0 Å². The summed E-state index contributed by atoms with van der Waals surface area (Å²) in [4.78, 5) is 15.0. The number of aryl methyl sites for hydroxylation is 1. The lowest BCUT2D eigenvalue weighted by Gasteiger charge is -2.16. The van der Waals surface area contributed by atoms with Crippen LogP contribution in [0.15, 0.2) is 168 Å². The predicted molar refractivity (Wildman–Crippen MR) is 208 cm³/mol. The Morgan fingerprint density at radius 3 is 1.76 bits per heavy atom. The van der Waals surface area contributed by atoms with E-state index in [2.05, 4.69) is 102 Å². The van der Waals surface area contributed by atoms with Crippen molar-refractivity contribution in [1.82, 2.24) is 19.5 Å². The minimum absolute atomic E-state index is 0.620. The van der Waals surface area contributed by atoms with Crippen molar-refractivity contribution in [3.63, 3.8) is 0 Å². The normalized spacial score (nSPS) is 11.6. The molecule has 0 bridgehead atoms. The molecule has 7 aromatic carbocycles. The Hall–Kier alpha value is -6.85. The van der Waals surface area contributed by atoms with Crippen LogP contribution in [-0.4, -0.2) is 19.5 Å². The van der Waals surface area contributed by atoms with Crippen LogP contribution in [0.25, 0.3) is 94.7 Å². The van der Waals surface area contributed by atoms with Gasteiger partial charge in [-0.05, 0) is 48.9 Å². The van der Waals surface area contributed by atoms with E-state index in [1.165, 1.54) is 16.3 Å². The molecule has 5 nitrogen and oxygen atoms in total. The fraction of sp³-hybridized carbons (Fsp3) is 0.0217. The first-order valence-electron chi connectivity index (χ1n) is 17.1. The van der Waals surface area contributed by atoms with Gasteiger partial charge in [-0.2, -0.15) is 0 Å². The molecular formula is C46H30N4O. The molecule has 51 heavy (non-hydrogen) atoms. The van der Waals surface area contributed by atoms with Crippen molar-refractivity contribution in [1.29, 1.82) is 0 Å². The molecule has 0 N–H and O–H groups in total. The van der Waals surface area contributed by atoms with Crippen molar-refractivity contribution in [2.45, 2.75) is 6.92 Å². The number of hydrogen-bond donors (Lipinski definition) is 0. The minimum Gasteiger partial charge on any atom is -0.456 e. The highest BCUT2D eigenvalue weighted by atomic mass is 16.3. The third-order valence-electron chi connectivity index (χ3n) is 9.70. The van der Waals surface area contributed by atoms with Crippen LogP contribution in [0.4, 0.5) is 0 Å². The molecule has 3 aromatic heterocycles. The average molecular weight is 655 g/mol. The highest BCUT2D eigenvalue weighted by Gasteiger charge is 2.20. The fourth-order valence-corrected chi connectivity index (χ4v) is 7.30. The number of fused-ring (bicyclic) bond motifs is 6. The Balaban J connectivity index is 1.24. The quantitative estimate of drug-likeness (QED) is 0.185. The second-order valence-electron chi connectivity index (χ2n) is 13.0. The van der Waals surface area contributed by atoms with Gasteiger partial charge >= 0.3 is 0 Å². The van der Waals surface area contributed by atoms with E-state index in [0.29, 0.717) is 17.5 Å². The highest BCUT2D eigenvalue weighted by molar-refractivity contribution is 6.17. The van der Waals surface area contributed by atoms with E-state index in [1.807, 2.05) is 72.8 Å². The van der Waals surface area contributed by atoms with Gasteiger partial charge in [-0.1, -0.05) is 127 Å². The minimum atomic E-state index is 0.620. The summed E-state index contributed by atoms with van der Waals surface area (Å²) in [6, 6.07) is 56.8. The first kappa shape index (κ1) is 29.1. The van der Waals surface area contributed by atoms with Gasteiger partial charge in [-0.25, -0.2) is 15.0 Å². The molecular weight excluding hydrogens is 625 g/mol. The molecule has 0 saturated carbocycles. The molecule has 0 unspecified atom stereocenters. The number of para-hydroxylation sites is 2. The molecule has 0 aliphatic heterocycles. The lowest BCUT2D eigenvalue weighted by molar-refractivity contribution is 0.669. The van der Waals surface area contributed by atoms with Crippen molar-refractivity contribution in [2.75, 3.05) is 0 Å². The monoisotopic (exact) mass is 654 g/mol. The second kappa shape index (κ2) is 11.6. The SMILES string of the molecule is Cc1cccc(-c2cc(-c3nc(-c4ccccc4)nc(-c4ccccc4)n3)ccc2-n2c3ccccc3c3cc4c(cc32)oc2ccccc24)c1. The Bertz CT molecular complexity index is 2870. The summed E-state index contributed by atoms with van der Waals surface area (Å²) in [5.74, 6) is 1.89. The van der Waals surface area contributed by atoms with Gasteiger partial charge in [-0.15, -0.1) is 0 Å². The molecule has 10 rings (SSSR count). The highest BCUT2D eigenvalue weighted by Crippen LogP contribution is 2.41. The summed E-state index contributed by atoms with van der Waals surface area (Å²) in [5, 5.41) is 4.62. The Morgan fingerprint density at radius 2 is 1.04 bits per heavy atom. The van der Waals surface area contributed by atoms with Gasteiger partial charge in [0.05, 0.1) is 16.7 Å². The lowest BCUT2D eigenvalue weighted by Crippen LogP contribution is -2.02. The summed E-state index contributed by atoms with van der Waals surface area (Å²) in [5.41, 5.74) is 11.2. The molecule has 0 aliphatic carbocycles. The molecule has 5 heteroatoms. The lowest BCUT2D eigenvalue weighted by atomic mass is 9.98. The Kier molecular flexibility index (Phi) is 6.64.